The number of carboxylic acid groups (broad SMARTS) is 1. The first-order chi connectivity index (χ1) is 5.07. The molecule has 0 rings (SSSR count). The van der Waals surface area contributed by atoms with Crippen LogP contribution in [0.15, 0.2) is 0 Å². The van der Waals surface area contributed by atoms with Crippen molar-refractivity contribution in [2.45, 2.75) is 6.92 Å². The number of rotatable bonds is 5. The Bertz CT molecular complexity index is 157. The van der Waals surface area contributed by atoms with E-state index in [1.165, 1.54) is 7.11 Å². The van der Waals surface area contributed by atoms with Crippen LogP contribution >= 0.6 is 7.80 Å². The van der Waals surface area contributed by atoms with Gasteiger partial charge in [0.2, 0.25) is 0 Å². The molecule has 11 heavy (non-hydrogen) atoms. The quantitative estimate of drug-likeness (QED) is 0.637. The summed E-state index contributed by atoms with van der Waals surface area (Å²) >= 11 is 0. The Balaban J connectivity index is 3.66. The Morgan fingerprint density at radius 2 is 2.27 bits per heavy atom. The molecule has 1 N–H and O–H groups in total. The molecule has 0 aromatic carbocycles. The SMILES string of the molecule is COC[PH](=O)CC(C)C(=O)O. The zero-order chi connectivity index (χ0) is 8.85. The summed E-state index contributed by atoms with van der Waals surface area (Å²) in [5, 5.41) is 8.44. The maximum atomic E-state index is 11.0. The molecule has 66 valence electrons. The molecule has 0 aliphatic carbocycles. The summed E-state index contributed by atoms with van der Waals surface area (Å²) in [6.07, 6.45) is 0.413. The van der Waals surface area contributed by atoms with Crippen LogP contribution in [-0.2, 0) is 14.1 Å². The van der Waals surface area contributed by atoms with Gasteiger partial charge in [0.1, 0.15) is 7.80 Å². The first-order valence-electron chi connectivity index (χ1n) is 3.31. The third kappa shape index (κ3) is 4.99. The molecule has 0 saturated heterocycles. The van der Waals surface area contributed by atoms with Crippen molar-refractivity contribution in [3.8, 4) is 0 Å². The standard InChI is InChI=1S/C6H13O4P/c1-5(6(7)8)3-11(9)4-10-2/h5,11H,3-4H2,1-2H3,(H,7,8). The molecule has 0 aliphatic heterocycles. The summed E-state index contributed by atoms with van der Waals surface area (Å²) < 4.78 is 15.6. The van der Waals surface area contributed by atoms with Crippen LogP contribution in [0.5, 0.6) is 0 Å². The number of hydrogen-bond donors (Lipinski definition) is 1. The van der Waals surface area contributed by atoms with Crippen molar-refractivity contribution in [3.63, 3.8) is 0 Å². The van der Waals surface area contributed by atoms with Crippen molar-refractivity contribution < 1.29 is 19.2 Å². The fourth-order valence-corrected chi connectivity index (χ4v) is 1.95. The highest BCUT2D eigenvalue weighted by molar-refractivity contribution is 7.44. The molecule has 0 radical (unpaired) electrons. The van der Waals surface area contributed by atoms with Crippen molar-refractivity contribution in [2.24, 2.45) is 5.92 Å². The van der Waals surface area contributed by atoms with E-state index >= 15 is 0 Å². The molecule has 2 atom stereocenters. The first kappa shape index (κ1) is 10.7. The van der Waals surface area contributed by atoms with Crippen LogP contribution in [0.2, 0.25) is 0 Å². The lowest BCUT2D eigenvalue weighted by molar-refractivity contribution is -0.140. The molecular weight excluding hydrogens is 167 g/mol. The van der Waals surface area contributed by atoms with Crippen molar-refractivity contribution in [3.05, 3.63) is 0 Å². The minimum absolute atomic E-state index is 0.183. The maximum absolute atomic E-state index is 11.0. The van der Waals surface area contributed by atoms with Crippen molar-refractivity contribution in [2.75, 3.05) is 19.6 Å². The lowest BCUT2D eigenvalue weighted by Crippen LogP contribution is -2.12. The third-order valence-electron chi connectivity index (χ3n) is 1.26. The van der Waals surface area contributed by atoms with Crippen LogP contribution in [-0.4, -0.2) is 30.7 Å². The van der Waals surface area contributed by atoms with E-state index in [1.54, 1.807) is 6.92 Å². The second-order valence-electron chi connectivity index (χ2n) is 2.42. The van der Waals surface area contributed by atoms with Gasteiger partial charge in [-0.05, 0) is 0 Å². The van der Waals surface area contributed by atoms with E-state index in [0.717, 1.165) is 0 Å². The molecule has 0 fully saturated rings. The molecule has 2 unspecified atom stereocenters. The van der Waals surface area contributed by atoms with Crippen LogP contribution in [0, 0.1) is 5.92 Å². The van der Waals surface area contributed by atoms with Crippen LogP contribution in [0.4, 0.5) is 0 Å². The topological polar surface area (TPSA) is 63.6 Å². The largest absolute Gasteiger partial charge is 0.481 e. The summed E-state index contributed by atoms with van der Waals surface area (Å²) in [6.45, 7) is 1.54. The van der Waals surface area contributed by atoms with Gasteiger partial charge in [0, 0.05) is 13.3 Å². The van der Waals surface area contributed by atoms with Gasteiger partial charge >= 0.3 is 5.97 Å². The normalized spacial score (nSPS) is 15.8. The summed E-state index contributed by atoms with van der Waals surface area (Å²) in [7, 11) is -0.385. The third-order valence-corrected chi connectivity index (χ3v) is 2.94. The fourth-order valence-electron chi connectivity index (χ4n) is 0.649. The molecule has 0 aromatic heterocycles. The second-order valence-corrected chi connectivity index (χ2v) is 4.19. The molecule has 0 aromatic rings. The van der Waals surface area contributed by atoms with Crippen molar-refractivity contribution in [1.82, 2.24) is 0 Å². The Morgan fingerprint density at radius 1 is 1.73 bits per heavy atom. The Morgan fingerprint density at radius 3 is 2.64 bits per heavy atom. The van der Waals surface area contributed by atoms with Gasteiger partial charge in [-0.15, -0.1) is 0 Å². The first-order valence-corrected chi connectivity index (χ1v) is 5.13. The number of methoxy groups -OCH3 is 1. The van der Waals surface area contributed by atoms with Gasteiger partial charge in [-0.25, -0.2) is 0 Å². The molecule has 0 aliphatic rings. The molecule has 5 heteroatoms. The van der Waals surface area contributed by atoms with E-state index in [9.17, 15) is 9.36 Å². The highest BCUT2D eigenvalue weighted by atomic mass is 31.1. The van der Waals surface area contributed by atoms with E-state index in [4.69, 9.17) is 5.11 Å². The highest BCUT2D eigenvalue weighted by Crippen LogP contribution is 2.23. The zero-order valence-corrected chi connectivity index (χ0v) is 7.66. The summed E-state index contributed by atoms with van der Waals surface area (Å²) in [5.41, 5.74) is 0. The van der Waals surface area contributed by atoms with E-state index in [-0.39, 0.29) is 12.5 Å². The maximum Gasteiger partial charge on any atom is 0.306 e. The lowest BCUT2D eigenvalue weighted by atomic mass is 10.2. The fraction of sp³-hybridized carbons (Fsp3) is 0.833. The van der Waals surface area contributed by atoms with Crippen LogP contribution in [0.3, 0.4) is 0 Å². The number of hydrogen-bond acceptors (Lipinski definition) is 3. The van der Waals surface area contributed by atoms with Crippen LogP contribution in [0.1, 0.15) is 6.92 Å². The minimum atomic E-state index is -1.84. The van der Waals surface area contributed by atoms with Gasteiger partial charge in [0.05, 0.1) is 12.3 Å². The number of aliphatic carboxylic acids is 1. The van der Waals surface area contributed by atoms with Gasteiger partial charge in [-0.2, -0.15) is 0 Å². The van der Waals surface area contributed by atoms with E-state index in [1.807, 2.05) is 0 Å². The van der Waals surface area contributed by atoms with Gasteiger partial charge in [-0.3, -0.25) is 4.79 Å². The van der Waals surface area contributed by atoms with Crippen LogP contribution in [0.25, 0.3) is 0 Å². The average Bonchev–Trinajstić information content (AvgIpc) is 1.87. The number of carbonyl (C=O) groups is 1. The lowest BCUT2D eigenvalue weighted by Gasteiger charge is -2.04. The molecular formula is C6H13O4P. The highest BCUT2D eigenvalue weighted by Gasteiger charge is 2.13. The Hall–Kier alpha value is -0.340. The van der Waals surface area contributed by atoms with Crippen LogP contribution < -0.4 is 0 Å². The minimum Gasteiger partial charge on any atom is -0.481 e. The molecule has 0 saturated carbocycles. The number of ether oxygens (including phenoxy) is 1. The van der Waals surface area contributed by atoms with Gasteiger partial charge < -0.3 is 14.4 Å². The Kier molecular flexibility index (Phi) is 5.16. The molecule has 0 spiro atoms. The Labute approximate surface area is 66.3 Å². The summed E-state index contributed by atoms with van der Waals surface area (Å²) in [5.74, 6) is -1.43. The smallest absolute Gasteiger partial charge is 0.306 e. The average molecular weight is 180 g/mol. The summed E-state index contributed by atoms with van der Waals surface area (Å²) in [4.78, 5) is 10.3. The predicted octanol–water partition coefficient (Wildman–Crippen LogP) is 0.871. The molecule has 4 nitrogen and oxygen atoms in total. The van der Waals surface area contributed by atoms with Gasteiger partial charge in [0.25, 0.3) is 0 Å². The van der Waals surface area contributed by atoms with Crippen molar-refractivity contribution in [1.29, 1.82) is 0 Å². The van der Waals surface area contributed by atoms with Crippen molar-refractivity contribution >= 4 is 13.8 Å². The molecule has 0 heterocycles. The molecule has 0 amide bonds. The monoisotopic (exact) mass is 180 g/mol. The zero-order valence-electron chi connectivity index (χ0n) is 6.66. The summed E-state index contributed by atoms with van der Waals surface area (Å²) in [6, 6.07) is 0. The van der Waals surface area contributed by atoms with Gasteiger partial charge in [-0.1, -0.05) is 6.92 Å². The van der Waals surface area contributed by atoms with E-state index in [0.29, 0.717) is 0 Å². The second kappa shape index (κ2) is 5.33. The van der Waals surface area contributed by atoms with E-state index in [2.05, 4.69) is 4.74 Å². The molecule has 0 bridgehead atoms. The number of carboxylic acids is 1. The van der Waals surface area contributed by atoms with Gasteiger partial charge in [0.15, 0.2) is 0 Å². The van der Waals surface area contributed by atoms with E-state index < -0.39 is 19.7 Å². The predicted molar refractivity (Wildman–Crippen MR) is 42.5 cm³/mol.